The lowest BCUT2D eigenvalue weighted by Crippen LogP contribution is -2.46. The molecule has 7 heteroatoms. The zero-order valence-corrected chi connectivity index (χ0v) is 11.6. The minimum atomic E-state index is -0.753. The van der Waals surface area contributed by atoms with Gasteiger partial charge in [0.05, 0.1) is 5.56 Å². The highest BCUT2D eigenvalue weighted by Crippen LogP contribution is 2.29. The topological polar surface area (TPSA) is 90.3 Å². The smallest absolute Gasteiger partial charge is 0.255 e. The van der Waals surface area contributed by atoms with Crippen LogP contribution in [-0.4, -0.2) is 28.7 Å². The summed E-state index contributed by atoms with van der Waals surface area (Å²) in [5.74, 6) is -2.07. The summed E-state index contributed by atoms with van der Waals surface area (Å²) in [5, 5.41) is 11.1. The molecule has 1 aromatic rings. The molecule has 1 aromatic carbocycles. The molecule has 0 bridgehead atoms. The minimum Gasteiger partial charge on any atom is -0.322 e. The number of carbonyl (C=O) groups excluding carboxylic acids is 3. The average Bonchev–Trinajstić information content (AvgIpc) is 2.68. The third-order valence-electron chi connectivity index (χ3n) is 3.97. The van der Waals surface area contributed by atoms with Gasteiger partial charge in [0.25, 0.3) is 5.91 Å². The van der Waals surface area contributed by atoms with Gasteiger partial charge < -0.3 is 4.90 Å². The van der Waals surface area contributed by atoms with E-state index in [2.05, 4.69) is 5.32 Å². The van der Waals surface area contributed by atoms with Crippen LogP contribution in [0.5, 0.6) is 0 Å². The van der Waals surface area contributed by atoms with E-state index < -0.39 is 23.7 Å². The maximum absolute atomic E-state index is 13.7. The van der Waals surface area contributed by atoms with E-state index in [0.717, 1.165) is 6.07 Å². The summed E-state index contributed by atoms with van der Waals surface area (Å²) in [6, 6.07) is 3.35. The summed E-state index contributed by atoms with van der Waals surface area (Å²) in [6.07, 6.45) is 1.12. The molecule has 1 fully saturated rings. The Bertz CT molecular complexity index is 738. The second-order valence-corrected chi connectivity index (χ2v) is 5.35. The zero-order valence-electron chi connectivity index (χ0n) is 11.6. The van der Waals surface area contributed by atoms with Crippen LogP contribution in [0.3, 0.4) is 0 Å². The number of fused-ring (bicyclic) bond motifs is 1. The summed E-state index contributed by atoms with van der Waals surface area (Å²) >= 11 is 0. The number of rotatable bonds is 1. The van der Waals surface area contributed by atoms with Gasteiger partial charge in [0.2, 0.25) is 11.8 Å². The van der Waals surface area contributed by atoms with Crippen molar-refractivity contribution in [1.82, 2.24) is 10.2 Å². The van der Waals surface area contributed by atoms with Crippen LogP contribution in [0.4, 0.5) is 4.39 Å². The molecule has 0 spiro atoms. The molecule has 2 aliphatic rings. The lowest BCUT2D eigenvalue weighted by Gasteiger charge is -2.24. The Balaban J connectivity index is 1.92. The van der Waals surface area contributed by atoms with Crippen molar-refractivity contribution in [3.8, 4) is 6.07 Å². The third-order valence-corrected chi connectivity index (χ3v) is 3.97. The van der Waals surface area contributed by atoms with Crippen molar-refractivity contribution in [2.75, 3.05) is 0 Å². The first-order valence-electron chi connectivity index (χ1n) is 6.88. The normalized spacial score (nSPS) is 21.2. The van der Waals surface area contributed by atoms with Gasteiger partial charge in [-0.3, -0.25) is 19.7 Å². The van der Waals surface area contributed by atoms with E-state index in [1.807, 2.05) is 0 Å². The lowest BCUT2D eigenvalue weighted by atomic mass is 10.1. The van der Waals surface area contributed by atoms with Gasteiger partial charge in [0.15, 0.2) is 0 Å². The quantitative estimate of drug-likeness (QED) is 0.779. The van der Waals surface area contributed by atoms with Gasteiger partial charge in [-0.15, -0.1) is 0 Å². The molecule has 1 saturated heterocycles. The maximum Gasteiger partial charge on any atom is 0.255 e. The molecule has 1 atom stereocenters. The van der Waals surface area contributed by atoms with Gasteiger partial charge in [-0.25, -0.2) is 4.39 Å². The monoisotopic (exact) mass is 301 g/mol. The number of nitrogens with one attached hydrogen (secondary N) is 1. The molecule has 1 N–H and O–H groups in total. The summed E-state index contributed by atoms with van der Waals surface area (Å²) in [4.78, 5) is 37.1. The maximum atomic E-state index is 13.7. The van der Waals surface area contributed by atoms with Crippen LogP contribution in [0.15, 0.2) is 12.1 Å². The Hall–Kier alpha value is -2.75. The van der Waals surface area contributed by atoms with Crippen molar-refractivity contribution >= 4 is 17.7 Å². The van der Waals surface area contributed by atoms with Crippen molar-refractivity contribution in [3.63, 3.8) is 0 Å². The van der Waals surface area contributed by atoms with Crippen LogP contribution in [-0.2, 0) is 16.1 Å². The number of amides is 3. The van der Waals surface area contributed by atoms with Gasteiger partial charge in [-0.2, -0.15) is 5.26 Å². The van der Waals surface area contributed by atoms with E-state index >= 15 is 0 Å². The molecular formula is C15H12FN3O3. The highest BCUT2D eigenvalue weighted by molar-refractivity contribution is 6.04. The van der Waals surface area contributed by atoms with Gasteiger partial charge in [0.1, 0.15) is 17.9 Å². The third kappa shape index (κ3) is 2.22. The number of carbonyl (C=O) groups is 3. The van der Waals surface area contributed by atoms with E-state index in [1.54, 1.807) is 6.07 Å². The van der Waals surface area contributed by atoms with Crippen LogP contribution >= 0.6 is 0 Å². The fourth-order valence-corrected chi connectivity index (χ4v) is 2.86. The first kappa shape index (κ1) is 14.2. The van der Waals surface area contributed by atoms with Crippen molar-refractivity contribution in [1.29, 1.82) is 5.26 Å². The van der Waals surface area contributed by atoms with Crippen molar-refractivity contribution in [2.45, 2.75) is 31.8 Å². The number of benzene rings is 1. The van der Waals surface area contributed by atoms with Crippen molar-refractivity contribution in [2.24, 2.45) is 0 Å². The van der Waals surface area contributed by atoms with Crippen molar-refractivity contribution < 1.29 is 18.8 Å². The van der Waals surface area contributed by atoms with Gasteiger partial charge >= 0.3 is 0 Å². The fraction of sp³-hybridized carbons (Fsp3) is 0.333. The molecule has 112 valence electrons. The van der Waals surface area contributed by atoms with Crippen LogP contribution in [0, 0.1) is 17.1 Å². The second-order valence-electron chi connectivity index (χ2n) is 5.35. The molecule has 2 aliphatic heterocycles. The zero-order chi connectivity index (χ0) is 15.9. The Kier molecular flexibility index (Phi) is 3.37. The molecule has 0 aliphatic carbocycles. The Morgan fingerprint density at radius 2 is 2.09 bits per heavy atom. The number of imide groups is 1. The SMILES string of the molecule is N#Cc1cc2c(cc1F)C(=O)N(C1CCCC(=O)NC1=O)C2. The van der Waals surface area contributed by atoms with E-state index in [4.69, 9.17) is 5.26 Å². The fourth-order valence-electron chi connectivity index (χ4n) is 2.86. The molecule has 6 nitrogen and oxygen atoms in total. The van der Waals surface area contributed by atoms with E-state index in [-0.39, 0.29) is 30.0 Å². The number of hydrogen-bond donors (Lipinski definition) is 1. The Morgan fingerprint density at radius 1 is 1.32 bits per heavy atom. The van der Waals surface area contributed by atoms with Crippen molar-refractivity contribution in [3.05, 3.63) is 34.6 Å². The number of halogens is 1. The molecule has 2 heterocycles. The van der Waals surface area contributed by atoms with E-state index in [0.29, 0.717) is 18.4 Å². The second kappa shape index (κ2) is 5.22. The molecule has 0 radical (unpaired) electrons. The molecule has 22 heavy (non-hydrogen) atoms. The summed E-state index contributed by atoms with van der Waals surface area (Å²) in [6.45, 7) is 0.134. The first-order valence-corrected chi connectivity index (χ1v) is 6.88. The molecule has 1 unspecified atom stereocenters. The number of nitrogens with zero attached hydrogens (tertiary/aromatic N) is 2. The highest BCUT2D eigenvalue weighted by Gasteiger charge is 2.38. The summed E-state index contributed by atoms with van der Waals surface area (Å²) in [5.41, 5.74) is 0.556. The van der Waals surface area contributed by atoms with Crippen LogP contribution in [0.25, 0.3) is 0 Å². The average molecular weight is 301 g/mol. The molecule has 0 aromatic heterocycles. The molecule has 3 rings (SSSR count). The number of hydrogen-bond acceptors (Lipinski definition) is 4. The molecule has 0 saturated carbocycles. The standard InChI is InChI=1S/C15H12FN3O3/c16-11-5-10-9(4-8(11)6-17)7-19(15(10)22)12-2-1-3-13(20)18-14(12)21/h4-5,12H,1-3,7H2,(H,18,20,21). The molecular weight excluding hydrogens is 289 g/mol. The van der Waals surface area contributed by atoms with Crippen LogP contribution in [0.1, 0.15) is 40.7 Å². The first-order chi connectivity index (χ1) is 10.5. The largest absolute Gasteiger partial charge is 0.322 e. The van der Waals surface area contributed by atoms with Gasteiger partial charge in [-0.05, 0) is 30.5 Å². The summed E-state index contributed by atoms with van der Waals surface area (Å²) < 4.78 is 13.7. The Morgan fingerprint density at radius 3 is 2.82 bits per heavy atom. The predicted molar refractivity (Wildman–Crippen MR) is 71.8 cm³/mol. The van der Waals surface area contributed by atoms with Crippen LogP contribution < -0.4 is 5.32 Å². The van der Waals surface area contributed by atoms with Gasteiger partial charge in [-0.1, -0.05) is 0 Å². The van der Waals surface area contributed by atoms with Gasteiger partial charge in [0, 0.05) is 18.5 Å². The summed E-state index contributed by atoms with van der Waals surface area (Å²) in [7, 11) is 0. The number of nitriles is 1. The predicted octanol–water partition coefficient (Wildman–Crippen LogP) is 0.848. The minimum absolute atomic E-state index is 0.131. The Labute approximate surface area is 125 Å². The van der Waals surface area contributed by atoms with E-state index in [1.165, 1.54) is 11.0 Å². The van der Waals surface area contributed by atoms with E-state index in [9.17, 15) is 18.8 Å². The molecule has 3 amide bonds. The highest BCUT2D eigenvalue weighted by atomic mass is 19.1. The lowest BCUT2D eigenvalue weighted by molar-refractivity contribution is -0.132. The van der Waals surface area contributed by atoms with Crippen LogP contribution in [0.2, 0.25) is 0 Å².